The van der Waals surface area contributed by atoms with Gasteiger partial charge in [-0.25, -0.2) is 9.97 Å². The molecule has 0 aliphatic heterocycles. The lowest BCUT2D eigenvalue weighted by Crippen LogP contribution is -2.13. The first-order valence-corrected chi connectivity index (χ1v) is 9.88. The van der Waals surface area contributed by atoms with Gasteiger partial charge in [-0.3, -0.25) is 14.8 Å². The lowest BCUT2D eigenvalue weighted by Gasteiger charge is -2.06. The summed E-state index contributed by atoms with van der Waals surface area (Å²) in [6.45, 7) is 3.88. The van der Waals surface area contributed by atoms with Crippen LogP contribution in [0.15, 0.2) is 47.1 Å². The number of nitrogens with one attached hydrogen (secondary N) is 1. The molecule has 0 spiro atoms. The Balaban J connectivity index is 1.62. The highest BCUT2D eigenvalue weighted by molar-refractivity contribution is 7.22. The number of carbonyl (C=O) groups is 1. The highest BCUT2D eigenvalue weighted by Gasteiger charge is 2.21. The fourth-order valence-electron chi connectivity index (χ4n) is 3.48. The number of carbonyl (C=O) groups excluding carboxylic acids is 1. The predicted octanol–water partition coefficient (Wildman–Crippen LogP) is 4.71. The molecule has 0 bridgehead atoms. The molecule has 1 aromatic carbocycles. The number of benzene rings is 1. The van der Waals surface area contributed by atoms with Crippen LogP contribution in [0.1, 0.15) is 21.6 Å². The summed E-state index contributed by atoms with van der Waals surface area (Å²) in [5.41, 5.74) is 4.42. The van der Waals surface area contributed by atoms with Crippen molar-refractivity contribution >= 4 is 43.6 Å². The van der Waals surface area contributed by atoms with Gasteiger partial charge >= 0.3 is 0 Å². The predicted molar refractivity (Wildman–Crippen MR) is 113 cm³/mol. The maximum absolute atomic E-state index is 13.2. The van der Waals surface area contributed by atoms with Crippen LogP contribution in [-0.4, -0.2) is 25.7 Å². The molecule has 0 radical (unpaired) electrons. The minimum Gasteiger partial charge on any atom is -0.463 e. The van der Waals surface area contributed by atoms with Gasteiger partial charge in [0.25, 0.3) is 5.91 Å². The molecule has 8 heteroatoms. The first-order valence-electron chi connectivity index (χ1n) is 9.07. The number of nitrogens with zero attached hydrogens (tertiary/aromatic N) is 4. The van der Waals surface area contributed by atoms with E-state index in [9.17, 15) is 4.79 Å². The summed E-state index contributed by atoms with van der Waals surface area (Å²) < 4.78 is 8.20. The lowest BCUT2D eigenvalue weighted by molar-refractivity contribution is 0.102. The first-order chi connectivity index (χ1) is 14.0. The average molecular weight is 403 g/mol. The van der Waals surface area contributed by atoms with Gasteiger partial charge in [-0.05, 0) is 43.7 Å². The van der Waals surface area contributed by atoms with Crippen LogP contribution in [0.4, 0.5) is 5.13 Å². The fraction of sp³-hybridized carbons (Fsp3) is 0.143. The van der Waals surface area contributed by atoms with E-state index >= 15 is 0 Å². The number of hydrogen-bond acceptors (Lipinski definition) is 6. The molecule has 7 nitrogen and oxygen atoms in total. The van der Waals surface area contributed by atoms with Gasteiger partial charge in [0.2, 0.25) is 0 Å². The second kappa shape index (κ2) is 6.52. The number of pyridine rings is 1. The van der Waals surface area contributed by atoms with E-state index in [0.29, 0.717) is 27.8 Å². The summed E-state index contributed by atoms with van der Waals surface area (Å²) in [7, 11) is 1.81. The molecule has 4 aromatic heterocycles. The Morgan fingerprint density at radius 1 is 1.17 bits per heavy atom. The van der Waals surface area contributed by atoms with Gasteiger partial charge in [0.1, 0.15) is 5.69 Å². The zero-order valence-corrected chi connectivity index (χ0v) is 16.9. The molecule has 5 aromatic rings. The van der Waals surface area contributed by atoms with E-state index in [1.54, 1.807) is 23.1 Å². The van der Waals surface area contributed by atoms with E-state index in [1.807, 2.05) is 45.2 Å². The Labute approximate surface area is 170 Å². The summed E-state index contributed by atoms with van der Waals surface area (Å²) >= 11 is 1.45. The second-order valence-corrected chi connectivity index (χ2v) is 7.87. The van der Waals surface area contributed by atoms with Crippen molar-refractivity contribution in [2.24, 2.45) is 7.05 Å². The zero-order valence-electron chi connectivity index (χ0n) is 16.1. The summed E-state index contributed by atoms with van der Waals surface area (Å²) in [5.74, 6) is 0.341. The monoisotopic (exact) mass is 403 g/mol. The minimum absolute atomic E-state index is 0.252. The molecule has 0 aliphatic carbocycles. The van der Waals surface area contributed by atoms with Crippen LogP contribution in [0.2, 0.25) is 0 Å². The number of aromatic nitrogens is 4. The van der Waals surface area contributed by atoms with Gasteiger partial charge in [-0.2, -0.15) is 5.10 Å². The molecular formula is C21H17N5O2S. The number of hydrogen-bond donors (Lipinski definition) is 1. The van der Waals surface area contributed by atoms with E-state index in [0.717, 1.165) is 26.9 Å². The van der Waals surface area contributed by atoms with Crippen LogP contribution < -0.4 is 5.32 Å². The van der Waals surface area contributed by atoms with Gasteiger partial charge in [0.15, 0.2) is 16.5 Å². The third-order valence-electron chi connectivity index (χ3n) is 4.83. The fourth-order valence-corrected chi connectivity index (χ4v) is 4.42. The average Bonchev–Trinajstić information content (AvgIpc) is 3.42. The molecule has 0 unspecified atom stereocenters. The second-order valence-electron chi connectivity index (χ2n) is 6.83. The Morgan fingerprint density at radius 3 is 2.79 bits per heavy atom. The van der Waals surface area contributed by atoms with Gasteiger partial charge in [0.05, 0.1) is 33.1 Å². The number of aryl methyl sites for hydroxylation is 3. The van der Waals surface area contributed by atoms with Crippen LogP contribution in [0.5, 0.6) is 0 Å². The Bertz CT molecular complexity index is 1380. The maximum Gasteiger partial charge on any atom is 0.258 e. The molecular weight excluding hydrogens is 386 g/mol. The molecule has 4 heterocycles. The van der Waals surface area contributed by atoms with Crippen LogP contribution >= 0.6 is 11.3 Å². The van der Waals surface area contributed by atoms with E-state index in [4.69, 9.17) is 4.42 Å². The maximum atomic E-state index is 13.2. The quantitative estimate of drug-likeness (QED) is 0.472. The molecule has 1 N–H and O–H groups in total. The van der Waals surface area contributed by atoms with Crippen molar-refractivity contribution in [3.05, 3.63) is 59.5 Å². The largest absolute Gasteiger partial charge is 0.463 e. The number of amides is 1. The zero-order chi connectivity index (χ0) is 20.1. The van der Waals surface area contributed by atoms with Crippen molar-refractivity contribution in [3.8, 4) is 11.5 Å². The normalized spacial score (nSPS) is 11.4. The van der Waals surface area contributed by atoms with Crippen molar-refractivity contribution in [3.63, 3.8) is 0 Å². The van der Waals surface area contributed by atoms with Crippen molar-refractivity contribution in [2.45, 2.75) is 13.8 Å². The highest BCUT2D eigenvalue weighted by atomic mass is 32.1. The third-order valence-corrected chi connectivity index (χ3v) is 5.76. The Hall–Kier alpha value is -3.52. The highest BCUT2D eigenvalue weighted by Crippen LogP contribution is 2.30. The number of thiazole rings is 1. The van der Waals surface area contributed by atoms with E-state index in [2.05, 4.69) is 20.4 Å². The number of fused-ring (bicyclic) bond motifs is 2. The van der Waals surface area contributed by atoms with Gasteiger partial charge in [-0.1, -0.05) is 23.5 Å². The molecule has 1 amide bonds. The molecule has 0 aliphatic rings. The number of furan rings is 1. The number of para-hydroxylation sites is 1. The van der Waals surface area contributed by atoms with E-state index in [-0.39, 0.29) is 5.91 Å². The van der Waals surface area contributed by atoms with Gasteiger partial charge in [-0.15, -0.1) is 0 Å². The summed E-state index contributed by atoms with van der Waals surface area (Å²) in [5, 5.41) is 8.67. The summed E-state index contributed by atoms with van der Waals surface area (Å²) in [6, 6.07) is 11.3. The van der Waals surface area contributed by atoms with Gasteiger partial charge < -0.3 is 4.42 Å². The summed E-state index contributed by atoms with van der Waals surface area (Å²) in [4.78, 5) is 22.5. The van der Waals surface area contributed by atoms with E-state index in [1.165, 1.54) is 11.3 Å². The molecule has 0 saturated heterocycles. The number of rotatable bonds is 3. The molecule has 0 fully saturated rings. The molecule has 29 heavy (non-hydrogen) atoms. The number of anilines is 1. The first kappa shape index (κ1) is 17.6. The topological polar surface area (TPSA) is 85.8 Å². The van der Waals surface area contributed by atoms with Gasteiger partial charge in [0, 0.05) is 7.05 Å². The SMILES string of the molecule is Cc1cccc2sc(NC(=O)c3cc(-c4ccco4)nc4c3c(C)nn4C)nc12. The molecule has 0 atom stereocenters. The standard InChI is InChI=1S/C21H17N5O2S/c1-11-6-4-8-16-18(11)23-21(29-16)24-20(27)13-10-14(15-7-5-9-28-15)22-19-17(13)12(2)25-26(19)3/h4-10H,1-3H3,(H,23,24,27). The minimum atomic E-state index is -0.252. The summed E-state index contributed by atoms with van der Waals surface area (Å²) in [6.07, 6.45) is 1.58. The Morgan fingerprint density at radius 2 is 2.03 bits per heavy atom. The van der Waals surface area contributed by atoms with Crippen LogP contribution in [-0.2, 0) is 7.05 Å². The molecule has 144 valence electrons. The van der Waals surface area contributed by atoms with Crippen molar-refractivity contribution in [1.29, 1.82) is 0 Å². The van der Waals surface area contributed by atoms with E-state index < -0.39 is 0 Å². The lowest BCUT2D eigenvalue weighted by atomic mass is 10.1. The van der Waals surface area contributed by atoms with Crippen LogP contribution in [0.3, 0.4) is 0 Å². The van der Waals surface area contributed by atoms with Crippen molar-refractivity contribution < 1.29 is 9.21 Å². The Kier molecular flexibility index (Phi) is 3.95. The smallest absolute Gasteiger partial charge is 0.258 e. The van der Waals surface area contributed by atoms with Crippen molar-refractivity contribution in [1.82, 2.24) is 19.7 Å². The molecule has 0 saturated carbocycles. The van der Waals surface area contributed by atoms with Crippen LogP contribution in [0.25, 0.3) is 32.7 Å². The molecule has 5 rings (SSSR count). The van der Waals surface area contributed by atoms with Crippen LogP contribution in [0, 0.1) is 13.8 Å². The van der Waals surface area contributed by atoms with Crippen molar-refractivity contribution in [2.75, 3.05) is 5.32 Å². The third kappa shape index (κ3) is 2.89.